The van der Waals surface area contributed by atoms with Gasteiger partial charge in [0.25, 0.3) is 0 Å². The molecule has 3 aromatic heterocycles. The van der Waals surface area contributed by atoms with Crippen molar-refractivity contribution >= 4 is 39.4 Å². The fraction of sp³-hybridized carbons (Fsp3) is 0.375. The highest BCUT2D eigenvalue weighted by atomic mass is 15.3. The molecule has 4 heterocycles. The first kappa shape index (κ1) is 25.9. The van der Waals surface area contributed by atoms with Gasteiger partial charge >= 0.3 is 0 Å². The Morgan fingerprint density at radius 2 is 1.63 bits per heavy atom. The Hall–Kier alpha value is -4.08. The summed E-state index contributed by atoms with van der Waals surface area (Å²) in [6.07, 6.45) is 10.4. The summed E-state index contributed by atoms with van der Waals surface area (Å²) in [7, 11) is 2.22. The van der Waals surface area contributed by atoms with Crippen molar-refractivity contribution in [3.63, 3.8) is 0 Å². The van der Waals surface area contributed by atoms with Crippen LogP contribution in [0.3, 0.4) is 0 Å². The van der Waals surface area contributed by atoms with Gasteiger partial charge in [-0.15, -0.1) is 0 Å². The van der Waals surface area contributed by atoms with E-state index in [4.69, 9.17) is 10.7 Å². The lowest BCUT2D eigenvalue weighted by Gasteiger charge is -2.41. The number of rotatable bonds is 5. The number of nitrogens with zero attached hydrogens (tertiary/aromatic N) is 7. The SMILES string of the molecule is Cc1ccc2nc(Nc3ccc(-c4cn([C@H]5CC[C@@H](N6CCN(C)CC6)CC5)c5ncnc(N)c45)cc3)ncc2c1. The Morgan fingerprint density at radius 1 is 0.878 bits per heavy atom. The number of nitrogens with one attached hydrogen (secondary N) is 1. The van der Waals surface area contributed by atoms with E-state index in [0.717, 1.165) is 51.6 Å². The molecule has 7 rings (SSSR count). The maximum Gasteiger partial charge on any atom is 0.227 e. The molecule has 2 fully saturated rings. The second-order valence-corrected chi connectivity index (χ2v) is 11.7. The third-order valence-corrected chi connectivity index (χ3v) is 8.94. The van der Waals surface area contributed by atoms with Gasteiger partial charge in [0.15, 0.2) is 0 Å². The largest absolute Gasteiger partial charge is 0.383 e. The standard InChI is InChI=1S/C32H37N9/c1-21-3-12-28-23(17-21)18-34-32(38-28)37-24-6-4-22(5-7-24)27-19-41(31-29(27)30(33)35-20-36-31)26-10-8-25(9-11-26)40-15-13-39(2)14-16-40/h3-7,12,17-20,25-26H,8-11,13-16H2,1-2H3,(H2,33,35,36)(H,34,37,38)/t25-,26+. The number of nitrogens with two attached hydrogens (primary N) is 1. The Kier molecular flexibility index (Phi) is 6.76. The van der Waals surface area contributed by atoms with Gasteiger partial charge in [-0.25, -0.2) is 19.9 Å². The minimum Gasteiger partial charge on any atom is -0.383 e. The van der Waals surface area contributed by atoms with Crippen LogP contribution >= 0.6 is 0 Å². The van der Waals surface area contributed by atoms with Gasteiger partial charge < -0.3 is 20.5 Å². The van der Waals surface area contributed by atoms with Gasteiger partial charge in [-0.1, -0.05) is 23.8 Å². The summed E-state index contributed by atoms with van der Waals surface area (Å²) in [6.45, 7) is 6.79. The smallest absolute Gasteiger partial charge is 0.227 e. The summed E-state index contributed by atoms with van der Waals surface area (Å²) < 4.78 is 2.36. The molecule has 0 amide bonds. The van der Waals surface area contributed by atoms with Crippen LogP contribution in [-0.4, -0.2) is 73.6 Å². The van der Waals surface area contributed by atoms with Crippen LogP contribution in [0.5, 0.6) is 0 Å². The first-order valence-corrected chi connectivity index (χ1v) is 14.7. The van der Waals surface area contributed by atoms with E-state index in [-0.39, 0.29) is 0 Å². The number of aromatic nitrogens is 5. The van der Waals surface area contributed by atoms with Crippen molar-refractivity contribution in [3.8, 4) is 11.1 Å². The number of anilines is 3. The van der Waals surface area contributed by atoms with Crippen molar-refractivity contribution < 1.29 is 0 Å². The maximum absolute atomic E-state index is 6.45. The summed E-state index contributed by atoms with van der Waals surface area (Å²) in [6, 6.07) is 15.6. The maximum atomic E-state index is 6.45. The van der Waals surface area contributed by atoms with E-state index in [0.29, 0.717) is 23.8 Å². The first-order valence-electron chi connectivity index (χ1n) is 14.7. The first-order chi connectivity index (χ1) is 20.0. The third-order valence-electron chi connectivity index (χ3n) is 8.94. The predicted octanol–water partition coefficient (Wildman–Crippen LogP) is 5.41. The number of benzene rings is 2. The fourth-order valence-electron chi connectivity index (χ4n) is 6.57. The lowest BCUT2D eigenvalue weighted by molar-refractivity contribution is 0.0828. The van der Waals surface area contributed by atoms with Crippen LogP contribution in [0.1, 0.15) is 37.3 Å². The van der Waals surface area contributed by atoms with Gasteiger partial charge in [-0.05, 0) is 69.5 Å². The van der Waals surface area contributed by atoms with Crippen molar-refractivity contribution in [3.05, 3.63) is 66.7 Å². The number of piperazine rings is 1. The number of nitrogen functional groups attached to an aromatic ring is 1. The molecule has 9 nitrogen and oxygen atoms in total. The molecule has 3 N–H and O–H groups in total. The Morgan fingerprint density at radius 3 is 2.41 bits per heavy atom. The summed E-state index contributed by atoms with van der Waals surface area (Å²) in [5.41, 5.74) is 12.6. The van der Waals surface area contributed by atoms with Gasteiger partial charge in [0, 0.05) is 67.3 Å². The highest BCUT2D eigenvalue weighted by molar-refractivity contribution is 6.00. The minimum absolute atomic E-state index is 0.416. The molecule has 210 valence electrons. The molecule has 0 unspecified atom stereocenters. The summed E-state index contributed by atoms with van der Waals surface area (Å²) in [4.78, 5) is 23.4. The molecular weight excluding hydrogens is 510 g/mol. The highest BCUT2D eigenvalue weighted by Crippen LogP contribution is 2.39. The van der Waals surface area contributed by atoms with Crippen LogP contribution in [0.4, 0.5) is 17.5 Å². The predicted molar refractivity (Wildman–Crippen MR) is 165 cm³/mol. The van der Waals surface area contributed by atoms with Crippen LogP contribution in [0, 0.1) is 6.92 Å². The molecular formula is C32H37N9. The molecule has 1 aliphatic carbocycles. The van der Waals surface area contributed by atoms with Crippen LogP contribution < -0.4 is 11.1 Å². The normalized spacial score (nSPS) is 20.5. The summed E-state index contributed by atoms with van der Waals surface area (Å²) >= 11 is 0. The van der Waals surface area contributed by atoms with Crippen molar-refractivity contribution in [1.82, 2.24) is 34.3 Å². The van der Waals surface area contributed by atoms with Gasteiger partial charge in [0.05, 0.1) is 10.9 Å². The average Bonchev–Trinajstić information content (AvgIpc) is 3.39. The van der Waals surface area contributed by atoms with E-state index >= 15 is 0 Å². The molecule has 0 bridgehead atoms. The zero-order valence-corrected chi connectivity index (χ0v) is 23.8. The van der Waals surface area contributed by atoms with Gasteiger partial charge in [-0.3, -0.25) is 4.90 Å². The Bertz CT molecular complexity index is 1680. The molecule has 2 aliphatic rings. The molecule has 1 aliphatic heterocycles. The van der Waals surface area contributed by atoms with E-state index < -0.39 is 0 Å². The van der Waals surface area contributed by atoms with Crippen LogP contribution in [0.2, 0.25) is 0 Å². The van der Waals surface area contributed by atoms with E-state index in [9.17, 15) is 0 Å². The second-order valence-electron chi connectivity index (χ2n) is 11.7. The molecule has 0 radical (unpaired) electrons. The monoisotopic (exact) mass is 547 g/mol. The zero-order chi connectivity index (χ0) is 27.9. The lowest BCUT2D eigenvalue weighted by Crippen LogP contribution is -2.49. The van der Waals surface area contributed by atoms with Crippen LogP contribution in [-0.2, 0) is 0 Å². The molecule has 0 spiro atoms. The van der Waals surface area contributed by atoms with Crippen molar-refractivity contribution in [1.29, 1.82) is 0 Å². The minimum atomic E-state index is 0.416. The molecule has 1 saturated heterocycles. The molecule has 1 saturated carbocycles. The summed E-state index contributed by atoms with van der Waals surface area (Å²) in [5, 5.41) is 5.31. The van der Waals surface area contributed by atoms with E-state index in [1.807, 2.05) is 12.3 Å². The number of likely N-dealkylation sites (N-methyl/N-ethyl adjacent to an activating group) is 1. The number of fused-ring (bicyclic) bond motifs is 2. The average molecular weight is 548 g/mol. The summed E-state index contributed by atoms with van der Waals surface area (Å²) in [5.74, 6) is 1.10. The van der Waals surface area contributed by atoms with Gasteiger partial charge in [-0.2, -0.15) is 0 Å². The second kappa shape index (κ2) is 10.7. The topological polar surface area (TPSA) is 101 Å². The van der Waals surface area contributed by atoms with Crippen molar-refractivity contribution in [2.45, 2.75) is 44.7 Å². The van der Waals surface area contributed by atoms with Crippen molar-refractivity contribution in [2.75, 3.05) is 44.3 Å². The van der Waals surface area contributed by atoms with Crippen LogP contribution in [0.15, 0.2) is 61.2 Å². The quantitative estimate of drug-likeness (QED) is 0.301. The van der Waals surface area contributed by atoms with Crippen molar-refractivity contribution in [2.24, 2.45) is 0 Å². The fourth-order valence-corrected chi connectivity index (χ4v) is 6.57. The molecule has 41 heavy (non-hydrogen) atoms. The third kappa shape index (κ3) is 5.11. The molecule has 9 heteroatoms. The zero-order valence-electron chi connectivity index (χ0n) is 23.8. The molecule has 2 aromatic carbocycles. The number of aryl methyl sites for hydroxylation is 1. The number of hydrogen-bond acceptors (Lipinski definition) is 8. The van der Waals surface area contributed by atoms with E-state index in [1.54, 1.807) is 6.33 Å². The van der Waals surface area contributed by atoms with Gasteiger partial charge in [0.2, 0.25) is 5.95 Å². The molecule has 5 aromatic rings. The number of hydrogen-bond donors (Lipinski definition) is 2. The van der Waals surface area contributed by atoms with Crippen LogP contribution in [0.25, 0.3) is 33.1 Å². The molecule has 0 atom stereocenters. The Labute approximate surface area is 240 Å². The van der Waals surface area contributed by atoms with E-state index in [1.165, 1.54) is 44.6 Å². The lowest BCUT2D eigenvalue weighted by atomic mass is 9.89. The Balaban J connectivity index is 1.11. The van der Waals surface area contributed by atoms with Gasteiger partial charge in [0.1, 0.15) is 17.8 Å². The van der Waals surface area contributed by atoms with E-state index in [2.05, 4.69) is 91.2 Å². The highest BCUT2D eigenvalue weighted by Gasteiger charge is 2.30.